The van der Waals surface area contributed by atoms with Gasteiger partial charge in [-0.25, -0.2) is 9.18 Å². The maximum atomic E-state index is 14.9. The van der Waals surface area contributed by atoms with Gasteiger partial charge in [0.25, 0.3) is 5.91 Å². The summed E-state index contributed by atoms with van der Waals surface area (Å²) >= 11 is 0. The molecule has 7 nitrogen and oxygen atoms in total. The molecular weight excluding hydrogens is 435 g/mol. The molecule has 0 saturated carbocycles. The molecule has 0 aliphatic carbocycles. The molecule has 0 atom stereocenters. The molecule has 0 unspecified atom stereocenters. The Morgan fingerprint density at radius 2 is 1.71 bits per heavy atom. The number of ether oxygens (including phenoxy) is 1. The van der Waals surface area contributed by atoms with Crippen LogP contribution < -0.4 is 10.1 Å². The van der Waals surface area contributed by atoms with Crippen molar-refractivity contribution in [3.63, 3.8) is 0 Å². The van der Waals surface area contributed by atoms with E-state index in [2.05, 4.69) is 5.32 Å². The van der Waals surface area contributed by atoms with E-state index in [-0.39, 0.29) is 17.8 Å². The van der Waals surface area contributed by atoms with E-state index in [1.807, 2.05) is 44.2 Å². The predicted molar refractivity (Wildman–Crippen MR) is 129 cm³/mol. The molecule has 8 heteroatoms. The zero-order valence-corrected chi connectivity index (χ0v) is 19.7. The first-order chi connectivity index (χ1) is 16.4. The van der Waals surface area contributed by atoms with Crippen molar-refractivity contribution in [1.29, 1.82) is 0 Å². The Balaban J connectivity index is 1.71. The normalized spacial score (nSPS) is 13.6. The van der Waals surface area contributed by atoms with Gasteiger partial charge in [0.2, 0.25) is 0 Å². The van der Waals surface area contributed by atoms with Crippen molar-refractivity contribution in [2.45, 2.75) is 13.8 Å². The van der Waals surface area contributed by atoms with Crippen molar-refractivity contribution in [2.24, 2.45) is 0 Å². The summed E-state index contributed by atoms with van der Waals surface area (Å²) in [5, 5.41) is 2.80. The zero-order valence-electron chi connectivity index (χ0n) is 19.7. The summed E-state index contributed by atoms with van der Waals surface area (Å²) in [6.45, 7) is 6.08. The van der Waals surface area contributed by atoms with Crippen molar-refractivity contribution in [3.05, 3.63) is 71.7 Å². The fraction of sp³-hybridized carbons (Fsp3) is 0.308. The fourth-order valence-electron chi connectivity index (χ4n) is 4.31. The van der Waals surface area contributed by atoms with E-state index in [0.717, 1.165) is 5.56 Å². The van der Waals surface area contributed by atoms with E-state index >= 15 is 0 Å². The maximum Gasteiger partial charge on any atom is 0.317 e. The molecule has 178 valence electrons. The van der Waals surface area contributed by atoms with Gasteiger partial charge in [-0.15, -0.1) is 0 Å². The Morgan fingerprint density at radius 1 is 1.00 bits per heavy atom. The molecule has 34 heavy (non-hydrogen) atoms. The van der Waals surface area contributed by atoms with Gasteiger partial charge < -0.3 is 24.4 Å². The molecule has 1 aliphatic rings. The Morgan fingerprint density at radius 3 is 2.38 bits per heavy atom. The quantitative estimate of drug-likeness (QED) is 0.619. The number of nitrogens with zero attached hydrogens (tertiary/aromatic N) is 3. The Labute approximate surface area is 198 Å². The third-order valence-electron chi connectivity index (χ3n) is 6.12. The number of methoxy groups -OCH3 is 1. The van der Waals surface area contributed by atoms with Gasteiger partial charge in [0, 0.05) is 44.0 Å². The number of rotatable bonds is 5. The zero-order chi connectivity index (χ0) is 24.2. The summed E-state index contributed by atoms with van der Waals surface area (Å²) in [4.78, 5) is 29.1. The average molecular weight is 465 g/mol. The standard InChI is InChI=1S/C26H29FN4O3/c1-4-28-26(33)30-14-12-29(13-15-30)25(32)21-17-24(19-8-7-9-20(16-19)34-3)31(18(21)2)23-11-6-5-10-22(23)27/h5-11,16-17H,4,12-15H2,1-3H3,(H,28,33). The molecule has 0 spiro atoms. The van der Waals surface area contributed by atoms with Crippen molar-refractivity contribution in [1.82, 2.24) is 19.7 Å². The van der Waals surface area contributed by atoms with Crippen LogP contribution in [0, 0.1) is 12.7 Å². The molecule has 3 amide bonds. The number of hydrogen-bond donors (Lipinski definition) is 1. The number of nitrogens with one attached hydrogen (secondary N) is 1. The molecule has 1 saturated heterocycles. The topological polar surface area (TPSA) is 66.8 Å². The van der Waals surface area contributed by atoms with Crippen LogP contribution in [0.1, 0.15) is 23.0 Å². The number of halogens is 1. The summed E-state index contributed by atoms with van der Waals surface area (Å²) in [5.74, 6) is 0.165. The number of carbonyl (C=O) groups excluding carboxylic acids is 2. The van der Waals surface area contributed by atoms with Crippen LogP contribution in [0.2, 0.25) is 0 Å². The lowest BCUT2D eigenvalue weighted by Gasteiger charge is -2.34. The van der Waals surface area contributed by atoms with Crippen molar-refractivity contribution in [2.75, 3.05) is 39.8 Å². The van der Waals surface area contributed by atoms with E-state index in [0.29, 0.717) is 61.1 Å². The Hall–Kier alpha value is -3.81. The summed E-state index contributed by atoms with van der Waals surface area (Å²) in [7, 11) is 1.59. The summed E-state index contributed by atoms with van der Waals surface area (Å²) in [6.07, 6.45) is 0. The van der Waals surface area contributed by atoms with Gasteiger partial charge in [-0.05, 0) is 44.2 Å². The molecule has 0 radical (unpaired) electrons. The molecule has 1 aliphatic heterocycles. The maximum absolute atomic E-state index is 14.9. The minimum atomic E-state index is -0.375. The lowest BCUT2D eigenvalue weighted by Crippen LogP contribution is -2.53. The Kier molecular flexibility index (Phi) is 6.86. The first kappa shape index (κ1) is 23.4. The smallest absolute Gasteiger partial charge is 0.317 e. The first-order valence-electron chi connectivity index (χ1n) is 11.4. The number of aromatic nitrogens is 1. The van der Waals surface area contributed by atoms with E-state index < -0.39 is 0 Å². The molecule has 4 rings (SSSR count). The molecular formula is C26H29FN4O3. The fourth-order valence-corrected chi connectivity index (χ4v) is 4.31. The average Bonchev–Trinajstić information content (AvgIpc) is 3.21. The Bertz CT molecular complexity index is 1200. The van der Waals surface area contributed by atoms with Crippen LogP contribution in [0.25, 0.3) is 16.9 Å². The van der Waals surface area contributed by atoms with Crippen LogP contribution in [-0.2, 0) is 0 Å². The number of urea groups is 1. The van der Waals surface area contributed by atoms with Crippen molar-refractivity contribution >= 4 is 11.9 Å². The molecule has 1 fully saturated rings. The van der Waals surface area contributed by atoms with E-state index in [1.165, 1.54) is 6.07 Å². The third kappa shape index (κ3) is 4.48. The number of carbonyl (C=O) groups is 2. The van der Waals surface area contributed by atoms with Crippen LogP contribution in [0.15, 0.2) is 54.6 Å². The van der Waals surface area contributed by atoms with Gasteiger partial charge in [-0.1, -0.05) is 24.3 Å². The van der Waals surface area contributed by atoms with Gasteiger partial charge in [-0.3, -0.25) is 4.79 Å². The lowest BCUT2D eigenvalue weighted by atomic mass is 10.1. The van der Waals surface area contributed by atoms with Crippen LogP contribution in [-0.4, -0.2) is 66.1 Å². The molecule has 1 N–H and O–H groups in total. The predicted octanol–water partition coefficient (Wildman–Crippen LogP) is 4.09. The number of hydrogen-bond acceptors (Lipinski definition) is 3. The monoisotopic (exact) mass is 464 g/mol. The summed E-state index contributed by atoms with van der Waals surface area (Å²) < 4.78 is 22.0. The van der Waals surface area contributed by atoms with Crippen molar-refractivity contribution in [3.8, 4) is 22.7 Å². The van der Waals surface area contributed by atoms with Crippen LogP contribution >= 0.6 is 0 Å². The van der Waals surface area contributed by atoms with Gasteiger partial charge in [0.15, 0.2) is 0 Å². The van der Waals surface area contributed by atoms with Gasteiger partial charge in [0.1, 0.15) is 11.6 Å². The summed E-state index contributed by atoms with van der Waals surface area (Å²) in [5.41, 5.74) is 3.04. The highest BCUT2D eigenvalue weighted by Crippen LogP contribution is 2.33. The highest BCUT2D eigenvalue weighted by atomic mass is 19.1. The van der Waals surface area contributed by atoms with Crippen LogP contribution in [0.4, 0.5) is 9.18 Å². The largest absolute Gasteiger partial charge is 0.497 e. The molecule has 3 aromatic rings. The first-order valence-corrected chi connectivity index (χ1v) is 11.4. The van der Waals surface area contributed by atoms with Crippen LogP contribution in [0.3, 0.4) is 0 Å². The van der Waals surface area contributed by atoms with E-state index in [1.54, 1.807) is 39.7 Å². The molecule has 1 aromatic heterocycles. The van der Waals surface area contributed by atoms with Crippen molar-refractivity contribution < 1.29 is 18.7 Å². The van der Waals surface area contributed by atoms with Gasteiger partial charge >= 0.3 is 6.03 Å². The van der Waals surface area contributed by atoms with Gasteiger partial charge in [-0.2, -0.15) is 0 Å². The van der Waals surface area contributed by atoms with E-state index in [4.69, 9.17) is 4.74 Å². The van der Waals surface area contributed by atoms with E-state index in [9.17, 15) is 14.0 Å². The lowest BCUT2D eigenvalue weighted by molar-refractivity contribution is 0.0664. The summed E-state index contributed by atoms with van der Waals surface area (Å²) in [6, 6.07) is 15.7. The number of piperazine rings is 1. The second-order valence-electron chi connectivity index (χ2n) is 8.16. The molecule has 2 heterocycles. The molecule has 0 bridgehead atoms. The second kappa shape index (κ2) is 9.99. The molecule has 2 aromatic carbocycles. The SMILES string of the molecule is CCNC(=O)N1CCN(C(=O)c2cc(-c3cccc(OC)c3)n(-c3ccccc3F)c2C)CC1. The number of para-hydroxylation sites is 1. The third-order valence-corrected chi connectivity index (χ3v) is 6.12. The second-order valence-corrected chi connectivity index (χ2v) is 8.16. The number of benzene rings is 2. The number of amides is 3. The highest BCUT2D eigenvalue weighted by Gasteiger charge is 2.28. The highest BCUT2D eigenvalue weighted by molar-refractivity contribution is 5.97. The minimum Gasteiger partial charge on any atom is -0.497 e. The van der Waals surface area contributed by atoms with Crippen LogP contribution in [0.5, 0.6) is 5.75 Å². The minimum absolute atomic E-state index is 0.114. The van der Waals surface area contributed by atoms with Gasteiger partial charge in [0.05, 0.1) is 24.1 Å².